The molecule has 2 aliphatic rings. The summed E-state index contributed by atoms with van der Waals surface area (Å²) in [6.45, 7) is 9.75. The third kappa shape index (κ3) is 6.57. The van der Waals surface area contributed by atoms with Crippen LogP contribution in [0, 0.1) is 0 Å². The second-order valence-electron chi connectivity index (χ2n) is 9.46. The molecule has 0 radical (unpaired) electrons. The molecule has 2 aromatic heterocycles. The van der Waals surface area contributed by atoms with Gasteiger partial charge in [-0.2, -0.15) is 0 Å². The van der Waals surface area contributed by atoms with Gasteiger partial charge in [0.2, 0.25) is 0 Å². The Morgan fingerprint density at radius 1 is 1.06 bits per heavy atom. The van der Waals surface area contributed by atoms with Crippen LogP contribution in [0.5, 0.6) is 0 Å². The van der Waals surface area contributed by atoms with Crippen LogP contribution in [0.2, 0.25) is 0 Å². The Hall–Kier alpha value is -2.18. The van der Waals surface area contributed by atoms with Crippen LogP contribution in [0.3, 0.4) is 0 Å². The number of β-amino-alcohol motifs (C(OH)–C–C–N with tert-alkyl or cyclic N) is 1. The van der Waals surface area contributed by atoms with E-state index in [1.165, 1.54) is 11.3 Å². The molecule has 9 nitrogen and oxygen atoms in total. The number of fused-ring (bicyclic) bond motifs is 1. The zero-order valence-corrected chi connectivity index (χ0v) is 21.4. The maximum atomic E-state index is 13.1. The lowest BCUT2D eigenvalue weighted by Crippen LogP contribution is -2.46. The Bertz CT molecular complexity index is 1160. The summed E-state index contributed by atoms with van der Waals surface area (Å²) in [5, 5.41) is 13.5. The van der Waals surface area contributed by atoms with E-state index in [2.05, 4.69) is 19.7 Å². The fourth-order valence-electron chi connectivity index (χ4n) is 4.89. The minimum Gasteiger partial charge on any atom is -0.390 e. The van der Waals surface area contributed by atoms with Crippen LogP contribution < -0.4 is 5.56 Å². The summed E-state index contributed by atoms with van der Waals surface area (Å²) in [7, 11) is 0. The fraction of sp³-hybridized carbons (Fsp3) is 0.538. The van der Waals surface area contributed by atoms with Crippen LogP contribution in [0.1, 0.15) is 5.82 Å². The molecular formula is C26H35N5O4S. The highest BCUT2D eigenvalue weighted by atomic mass is 32.1. The molecule has 0 saturated carbocycles. The number of ether oxygens (including phenoxy) is 2. The SMILES string of the molecule is O=c1[nH]c(CN(CCN2CCOCC2)CC(O)CN2CCOCC2)nc2scc(-c3ccccc3)c12. The number of morpholine rings is 2. The molecule has 0 amide bonds. The summed E-state index contributed by atoms with van der Waals surface area (Å²) >= 11 is 1.50. The number of rotatable bonds is 10. The summed E-state index contributed by atoms with van der Waals surface area (Å²) < 4.78 is 10.9. The van der Waals surface area contributed by atoms with Gasteiger partial charge in [-0.1, -0.05) is 30.3 Å². The van der Waals surface area contributed by atoms with Gasteiger partial charge >= 0.3 is 0 Å². The lowest BCUT2D eigenvalue weighted by atomic mass is 10.1. The molecule has 10 heteroatoms. The van der Waals surface area contributed by atoms with E-state index in [4.69, 9.17) is 14.5 Å². The summed E-state index contributed by atoms with van der Waals surface area (Å²) in [4.78, 5) is 28.6. The molecule has 1 atom stereocenters. The molecular weight excluding hydrogens is 478 g/mol. The highest BCUT2D eigenvalue weighted by Crippen LogP contribution is 2.30. The number of aliphatic hydroxyl groups excluding tert-OH is 1. The van der Waals surface area contributed by atoms with Crippen LogP contribution in [-0.2, 0) is 16.0 Å². The minimum absolute atomic E-state index is 0.114. The number of hydrogen-bond donors (Lipinski definition) is 2. The molecule has 0 spiro atoms. The van der Waals surface area contributed by atoms with Crippen molar-refractivity contribution in [2.45, 2.75) is 12.6 Å². The van der Waals surface area contributed by atoms with Crippen molar-refractivity contribution < 1.29 is 14.6 Å². The second-order valence-corrected chi connectivity index (χ2v) is 10.3. The van der Waals surface area contributed by atoms with Crippen molar-refractivity contribution in [1.29, 1.82) is 0 Å². The first-order valence-corrected chi connectivity index (χ1v) is 13.6. The summed E-state index contributed by atoms with van der Waals surface area (Å²) in [6.07, 6.45) is -0.491. The summed E-state index contributed by atoms with van der Waals surface area (Å²) in [5.74, 6) is 0.634. The number of benzene rings is 1. The lowest BCUT2D eigenvalue weighted by molar-refractivity contribution is 0.00256. The number of aromatic nitrogens is 2. The van der Waals surface area contributed by atoms with Crippen LogP contribution >= 0.6 is 11.3 Å². The van der Waals surface area contributed by atoms with Gasteiger partial charge in [0.1, 0.15) is 10.7 Å². The smallest absolute Gasteiger partial charge is 0.260 e. The predicted octanol–water partition coefficient (Wildman–Crippen LogP) is 1.48. The lowest BCUT2D eigenvalue weighted by Gasteiger charge is -2.33. The van der Waals surface area contributed by atoms with E-state index >= 15 is 0 Å². The van der Waals surface area contributed by atoms with Gasteiger partial charge in [0.05, 0.1) is 44.5 Å². The Morgan fingerprint density at radius 2 is 1.75 bits per heavy atom. The molecule has 3 aromatic rings. The van der Waals surface area contributed by atoms with E-state index in [1.807, 2.05) is 35.7 Å². The molecule has 0 aliphatic carbocycles. The highest BCUT2D eigenvalue weighted by Gasteiger charge is 2.21. The molecule has 1 aromatic carbocycles. The first-order chi connectivity index (χ1) is 17.7. The Kier molecular flexibility index (Phi) is 8.75. The van der Waals surface area contributed by atoms with Gasteiger partial charge < -0.3 is 19.6 Å². The van der Waals surface area contributed by atoms with Crippen molar-refractivity contribution in [3.63, 3.8) is 0 Å². The minimum atomic E-state index is -0.491. The van der Waals surface area contributed by atoms with Gasteiger partial charge in [-0.3, -0.25) is 19.5 Å². The predicted molar refractivity (Wildman–Crippen MR) is 141 cm³/mol. The fourth-order valence-corrected chi connectivity index (χ4v) is 5.86. The molecule has 4 heterocycles. The van der Waals surface area contributed by atoms with Crippen LogP contribution in [-0.4, -0.2) is 115 Å². The van der Waals surface area contributed by atoms with E-state index < -0.39 is 6.10 Å². The molecule has 0 bridgehead atoms. The number of nitrogens with zero attached hydrogens (tertiary/aromatic N) is 4. The normalized spacial score (nSPS) is 18.7. The Labute approximate surface area is 215 Å². The van der Waals surface area contributed by atoms with E-state index in [-0.39, 0.29) is 5.56 Å². The number of thiophene rings is 1. The quantitative estimate of drug-likeness (QED) is 0.421. The number of aliphatic hydroxyl groups is 1. The van der Waals surface area contributed by atoms with Gasteiger partial charge in [-0.25, -0.2) is 4.98 Å². The van der Waals surface area contributed by atoms with E-state index in [0.29, 0.717) is 44.1 Å². The maximum absolute atomic E-state index is 13.1. The zero-order chi connectivity index (χ0) is 24.7. The second kappa shape index (κ2) is 12.4. The molecule has 2 fully saturated rings. The zero-order valence-electron chi connectivity index (χ0n) is 20.6. The van der Waals surface area contributed by atoms with Crippen molar-refractivity contribution >= 4 is 21.6 Å². The monoisotopic (exact) mass is 513 g/mol. The Balaban J connectivity index is 1.31. The average Bonchev–Trinajstić information content (AvgIpc) is 3.34. The molecule has 2 N–H and O–H groups in total. The standard InChI is InChI=1S/C26H35N5O4S/c32-21(16-30-10-14-35-15-11-30)17-31(7-6-29-8-12-34-13-9-29)18-23-27-25(33)24-22(19-36-26(24)28-23)20-4-2-1-3-5-20/h1-5,19,21,32H,6-18H2,(H,27,28,33). The molecule has 2 saturated heterocycles. The molecule has 194 valence electrons. The molecule has 5 rings (SSSR count). The van der Waals surface area contributed by atoms with Gasteiger partial charge in [0.25, 0.3) is 5.56 Å². The van der Waals surface area contributed by atoms with Gasteiger partial charge in [-0.05, 0) is 5.56 Å². The molecule has 1 unspecified atom stereocenters. The summed E-state index contributed by atoms with van der Waals surface area (Å²) in [5.41, 5.74) is 1.82. The van der Waals surface area contributed by atoms with E-state index in [1.54, 1.807) is 0 Å². The topological polar surface area (TPSA) is 94.2 Å². The molecule has 36 heavy (non-hydrogen) atoms. The first kappa shape index (κ1) is 25.5. The van der Waals surface area contributed by atoms with Crippen molar-refractivity contribution in [1.82, 2.24) is 24.7 Å². The van der Waals surface area contributed by atoms with E-state index in [0.717, 1.165) is 68.4 Å². The van der Waals surface area contributed by atoms with Crippen molar-refractivity contribution in [2.24, 2.45) is 0 Å². The maximum Gasteiger partial charge on any atom is 0.260 e. The van der Waals surface area contributed by atoms with Crippen LogP contribution in [0.15, 0.2) is 40.5 Å². The van der Waals surface area contributed by atoms with Crippen LogP contribution in [0.25, 0.3) is 21.3 Å². The average molecular weight is 514 g/mol. The molecule has 2 aliphatic heterocycles. The number of hydrogen-bond acceptors (Lipinski definition) is 9. The van der Waals surface area contributed by atoms with Crippen molar-refractivity contribution in [3.8, 4) is 11.1 Å². The van der Waals surface area contributed by atoms with Crippen molar-refractivity contribution in [3.05, 3.63) is 51.9 Å². The Morgan fingerprint density at radius 3 is 2.47 bits per heavy atom. The van der Waals surface area contributed by atoms with Crippen LogP contribution in [0.4, 0.5) is 0 Å². The van der Waals surface area contributed by atoms with E-state index in [9.17, 15) is 9.90 Å². The number of aromatic amines is 1. The highest BCUT2D eigenvalue weighted by molar-refractivity contribution is 7.17. The number of nitrogens with one attached hydrogen (secondary N) is 1. The third-order valence-electron chi connectivity index (χ3n) is 6.83. The third-order valence-corrected chi connectivity index (χ3v) is 7.70. The van der Waals surface area contributed by atoms with Gasteiger partial charge in [0, 0.05) is 63.3 Å². The van der Waals surface area contributed by atoms with Gasteiger partial charge in [0.15, 0.2) is 0 Å². The van der Waals surface area contributed by atoms with Crippen molar-refractivity contribution in [2.75, 3.05) is 78.8 Å². The first-order valence-electron chi connectivity index (χ1n) is 12.7. The largest absolute Gasteiger partial charge is 0.390 e. The summed E-state index contributed by atoms with van der Waals surface area (Å²) in [6, 6.07) is 9.94. The number of H-pyrrole nitrogens is 1. The van der Waals surface area contributed by atoms with Gasteiger partial charge in [-0.15, -0.1) is 11.3 Å².